The molecule has 146 valence electrons. The maximum absolute atomic E-state index is 12.8. The summed E-state index contributed by atoms with van der Waals surface area (Å²) in [6.45, 7) is 3.58. The Morgan fingerprint density at radius 1 is 1.15 bits per heavy atom. The van der Waals surface area contributed by atoms with Gasteiger partial charge in [-0.3, -0.25) is 9.59 Å². The van der Waals surface area contributed by atoms with Crippen LogP contribution in [0, 0.1) is 11.8 Å². The van der Waals surface area contributed by atoms with Gasteiger partial charge < -0.3 is 15.2 Å². The first-order chi connectivity index (χ1) is 12.9. The van der Waals surface area contributed by atoms with Crippen LogP contribution in [-0.2, 0) is 27.2 Å². The summed E-state index contributed by atoms with van der Waals surface area (Å²) in [4.78, 5) is 38.1. The first-order valence-electron chi connectivity index (χ1n) is 9.42. The highest BCUT2D eigenvalue weighted by atomic mass is 32.1. The third kappa shape index (κ3) is 4.24. The molecule has 2 aliphatic rings. The normalized spacial score (nSPS) is 21.6. The molecule has 0 radical (unpaired) electrons. The van der Waals surface area contributed by atoms with Crippen molar-refractivity contribution in [2.75, 3.05) is 5.32 Å². The molecule has 1 aromatic heterocycles. The van der Waals surface area contributed by atoms with Gasteiger partial charge in [0.1, 0.15) is 5.00 Å². The van der Waals surface area contributed by atoms with E-state index in [-0.39, 0.29) is 12.0 Å². The Bertz CT molecular complexity index is 780. The van der Waals surface area contributed by atoms with Gasteiger partial charge in [-0.05, 0) is 57.9 Å². The minimum absolute atomic E-state index is 0.250. The molecule has 3 rings (SSSR count). The molecule has 1 amide bonds. The van der Waals surface area contributed by atoms with Crippen LogP contribution < -0.4 is 5.32 Å². The summed E-state index contributed by atoms with van der Waals surface area (Å²) in [5, 5.41) is 12.8. The lowest BCUT2D eigenvalue weighted by Gasteiger charge is -2.24. The molecule has 7 heteroatoms. The molecule has 0 spiro atoms. The number of aliphatic carboxylic acids is 1. The molecule has 2 N–H and O–H groups in total. The Balaban J connectivity index is 1.88. The molecule has 2 atom stereocenters. The summed E-state index contributed by atoms with van der Waals surface area (Å²) in [6.07, 6.45) is 7.89. The zero-order chi connectivity index (χ0) is 19.6. The van der Waals surface area contributed by atoms with Crippen LogP contribution >= 0.6 is 11.3 Å². The maximum Gasteiger partial charge on any atom is 0.341 e. The molecule has 1 aromatic rings. The number of hydrogen-bond donors (Lipinski definition) is 2. The SMILES string of the molecule is CC(C)OC(=O)c1c(NC(=O)[C@@H]2CC=CC[C@@H]2C(=O)O)sc2c1CCCC2. The Morgan fingerprint density at radius 3 is 2.48 bits per heavy atom. The van der Waals surface area contributed by atoms with Crippen LogP contribution in [0.3, 0.4) is 0 Å². The zero-order valence-electron chi connectivity index (χ0n) is 15.6. The maximum atomic E-state index is 12.8. The second-order valence-electron chi connectivity index (χ2n) is 7.35. The van der Waals surface area contributed by atoms with Gasteiger partial charge in [-0.15, -0.1) is 11.3 Å². The number of carboxylic acids is 1. The number of rotatable bonds is 5. The van der Waals surface area contributed by atoms with E-state index in [4.69, 9.17) is 4.74 Å². The predicted octanol–water partition coefficient (Wildman–Crippen LogP) is 3.80. The summed E-state index contributed by atoms with van der Waals surface area (Å²) in [5.41, 5.74) is 1.43. The van der Waals surface area contributed by atoms with E-state index >= 15 is 0 Å². The van der Waals surface area contributed by atoms with Gasteiger partial charge >= 0.3 is 11.9 Å². The summed E-state index contributed by atoms with van der Waals surface area (Å²) in [5.74, 6) is -3.11. The highest BCUT2D eigenvalue weighted by Crippen LogP contribution is 2.39. The van der Waals surface area contributed by atoms with Gasteiger partial charge in [0.15, 0.2) is 0 Å². The summed E-state index contributed by atoms with van der Waals surface area (Å²) in [7, 11) is 0. The van der Waals surface area contributed by atoms with Gasteiger partial charge in [0.05, 0.1) is 23.5 Å². The smallest absolute Gasteiger partial charge is 0.341 e. The van der Waals surface area contributed by atoms with E-state index in [1.807, 2.05) is 6.08 Å². The lowest BCUT2D eigenvalue weighted by Crippen LogP contribution is -2.34. The summed E-state index contributed by atoms with van der Waals surface area (Å²) in [6, 6.07) is 0. The third-order valence-electron chi connectivity index (χ3n) is 5.04. The number of carbonyl (C=O) groups excluding carboxylic acids is 2. The molecule has 0 saturated heterocycles. The number of allylic oxidation sites excluding steroid dienone is 2. The van der Waals surface area contributed by atoms with Gasteiger partial charge in [0, 0.05) is 4.88 Å². The van der Waals surface area contributed by atoms with Crippen LogP contribution in [-0.4, -0.2) is 29.1 Å². The third-order valence-corrected chi connectivity index (χ3v) is 6.25. The summed E-state index contributed by atoms with van der Waals surface area (Å²) < 4.78 is 5.40. The van der Waals surface area contributed by atoms with E-state index in [1.165, 1.54) is 11.3 Å². The van der Waals surface area contributed by atoms with Crippen molar-refractivity contribution in [3.05, 3.63) is 28.2 Å². The van der Waals surface area contributed by atoms with Crippen LogP contribution in [0.15, 0.2) is 12.2 Å². The first-order valence-corrected chi connectivity index (χ1v) is 10.2. The first kappa shape index (κ1) is 19.6. The fraction of sp³-hybridized carbons (Fsp3) is 0.550. The number of aryl methyl sites for hydroxylation is 1. The van der Waals surface area contributed by atoms with Crippen molar-refractivity contribution in [1.29, 1.82) is 0 Å². The van der Waals surface area contributed by atoms with Crippen molar-refractivity contribution in [2.24, 2.45) is 11.8 Å². The van der Waals surface area contributed by atoms with E-state index in [2.05, 4.69) is 5.32 Å². The number of thiophene rings is 1. The van der Waals surface area contributed by atoms with E-state index in [0.717, 1.165) is 36.1 Å². The van der Waals surface area contributed by atoms with E-state index in [9.17, 15) is 19.5 Å². The second kappa shape index (κ2) is 8.25. The molecule has 27 heavy (non-hydrogen) atoms. The van der Waals surface area contributed by atoms with Crippen molar-refractivity contribution in [3.8, 4) is 0 Å². The number of anilines is 1. The number of hydrogen-bond acceptors (Lipinski definition) is 5. The fourth-order valence-electron chi connectivity index (χ4n) is 3.72. The molecule has 1 heterocycles. The topological polar surface area (TPSA) is 92.7 Å². The van der Waals surface area contributed by atoms with Crippen LogP contribution in [0.1, 0.15) is 60.3 Å². The monoisotopic (exact) mass is 391 g/mol. The van der Waals surface area contributed by atoms with Crippen LogP contribution in [0.5, 0.6) is 0 Å². The molecule has 0 saturated carbocycles. The van der Waals surface area contributed by atoms with Gasteiger partial charge in [-0.1, -0.05) is 12.2 Å². The van der Waals surface area contributed by atoms with Crippen LogP contribution in [0.4, 0.5) is 5.00 Å². The van der Waals surface area contributed by atoms with Gasteiger partial charge in [-0.2, -0.15) is 0 Å². The van der Waals surface area contributed by atoms with Crippen molar-refractivity contribution >= 4 is 34.2 Å². The lowest BCUT2D eigenvalue weighted by atomic mass is 9.82. The van der Waals surface area contributed by atoms with Crippen molar-refractivity contribution in [2.45, 2.75) is 58.5 Å². The molecule has 0 bridgehead atoms. The number of carboxylic acid groups (broad SMARTS) is 1. The number of amides is 1. The molecular weight excluding hydrogens is 366 g/mol. The number of nitrogens with one attached hydrogen (secondary N) is 1. The Hall–Kier alpha value is -2.15. The van der Waals surface area contributed by atoms with Gasteiger partial charge in [-0.25, -0.2) is 4.79 Å². The number of fused-ring (bicyclic) bond motifs is 1. The van der Waals surface area contributed by atoms with Gasteiger partial charge in [0.25, 0.3) is 0 Å². The van der Waals surface area contributed by atoms with E-state index < -0.39 is 23.8 Å². The largest absolute Gasteiger partial charge is 0.481 e. The average Bonchev–Trinajstić information content (AvgIpc) is 2.98. The molecular formula is C20H25NO5S. The molecule has 0 fully saturated rings. The highest BCUT2D eigenvalue weighted by Gasteiger charge is 2.35. The minimum atomic E-state index is -0.968. The fourth-order valence-corrected chi connectivity index (χ4v) is 5.00. The molecule has 0 unspecified atom stereocenters. The minimum Gasteiger partial charge on any atom is -0.481 e. The Kier molecular flexibility index (Phi) is 5.99. The average molecular weight is 391 g/mol. The number of ether oxygens (including phenoxy) is 1. The van der Waals surface area contributed by atoms with Crippen molar-refractivity contribution < 1.29 is 24.2 Å². The van der Waals surface area contributed by atoms with E-state index in [0.29, 0.717) is 23.4 Å². The van der Waals surface area contributed by atoms with Crippen LogP contribution in [0.2, 0.25) is 0 Å². The number of carbonyl (C=O) groups is 3. The Labute approximate surface area is 162 Å². The van der Waals surface area contributed by atoms with E-state index in [1.54, 1.807) is 19.9 Å². The van der Waals surface area contributed by atoms with Crippen molar-refractivity contribution in [1.82, 2.24) is 0 Å². The standard InChI is InChI=1S/C20H25NO5S/c1-11(2)26-20(25)16-14-9-5-6-10-15(14)27-18(16)21-17(22)12-7-3-4-8-13(12)19(23)24/h3-4,11-13H,5-10H2,1-2H3,(H,21,22)(H,23,24)/t12-,13+/m1/s1. The van der Waals surface area contributed by atoms with Crippen LogP contribution in [0.25, 0.3) is 0 Å². The second-order valence-corrected chi connectivity index (χ2v) is 8.46. The lowest BCUT2D eigenvalue weighted by molar-refractivity contribution is -0.146. The quantitative estimate of drug-likeness (QED) is 0.588. The molecule has 0 aliphatic heterocycles. The highest BCUT2D eigenvalue weighted by molar-refractivity contribution is 7.17. The van der Waals surface area contributed by atoms with Gasteiger partial charge in [0.2, 0.25) is 5.91 Å². The van der Waals surface area contributed by atoms with Crippen molar-refractivity contribution in [3.63, 3.8) is 0 Å². The molecule has 0 aromatic carbocycles. The Morgan fingerprint density at radius 2 is 1.81 bits per heavy atom. The zero-order valence-corrected chi connectivity index (χ0v) is 16.4. The summed E-state index contributed by atoms with van der Waals surface area (Å²) >= 11 is 1.42. The predicted molar refractivity (Wildman–Crippen MR) is 103 cm³/mol. The number of esters is 1. The molecule has 2 aliphatic carbocycles. The molecule has 6 nitrogen and oxygen atoms in total.